The molecule has 38 heavy (non-hydrogen) atoms. The van der Waals surface area contributed by atoms with Crippen molar-refractivity contribution in [1.82, 2.24) is 14.2 Å². The molecule has 1 aliphatic carbocycles. The summed E-state index contributed by atoms with van der Waals surface area (Å²) in [5, 5.41) is 11.5. The van der Waals surface area contributed by atoms with E-state index in [1.165, 1.54) is 64.2 Å². The lowest BCUT2D eigenvalue weighted by atomic mass is 9.82. The van der Waals surface area contributed by atoms with Crippen LogP contribution in [0.15, 0.2) is 103 Å². The van der Waals surface area contributed by atoms with E-state index in [0.717, 1.165) is 11.3 Å². The summed E-state index contributed by atoms with van der Waals surface area (Å²) in [7, 11) is 0. The summed E-state index contributed by atoms with van der Waals surface area (Å²) < 4.78 is 5.72. The molecule has 3 nitrogen and oxygen atoms in total. The zero-order valence-electron chi connectivity index (χ0n) is 21.1. The molecule has 4 heterocycles. The lowest BCUT2D eigenvalue weighted by Crippen LogP contribution is -2.14. The average Bonchev–Trinajstić information content (AvgIpc) is 3.65. The van der Waals surface area contributed by atoms with Crippen molar-refractivity contribution in [2.75, 3.05) is 0 Å². The Kier molecular flexibility index (Phi) is 3.75. The van der Waals surface area contributed by atoms with E-state index in [4.69, 9.17) is 5.10 Å². The van der Waals surface area contributed by atoms with Gasteiger partial charge in [-0.05, 0) is 51.9 Å². The van der Waals surface area contributed by atoms with Gasteiger partial charge in [0, 0.05) is 43.9 Å². The fourth-order valence-electron chi connectivity index (χ4n) is 6.68. The first kappa shape index (κ1) is 20.6. The molecule has 0 spiro atoms. The number of nitrogens with zero attached hydrogens (tertiary/aromatic N) is 3. The van der Waals surface area contributed by atoms with Crippen LogP contribution < -0.4 is 0 Å². The van der Waals surface area contributed by atoms with Gasteiger partial charge in [0.05, 0.1) is 11.0 Å². The maximum Gasteiger partial charge on any atom is 0.161 e. The minimum absolute atomic E-state index is 0.0381. The van der Waals surface area contributed by atoms with Crippen molar-refractivity contribution in [3.8, 4) is 16.9 Å². The molecule has 4 aromatic heterocycles. The highest BCUT2D eigenvalue weighted by molar-refractivity contribution is 7.25. The second-order valence-electron chi connectivity index (χ2n) is 11.0. The van der Waals surface area contributed by atoms with Gasteiger partial charge < -0.3 is 0 Å². The van der Waals surface area contributed by atoms with Crippen molar-refractivity contribution in [1.29, 1.82) is 0 Å². The molecule has 0 bridgehead atoms. The lowest BCUT2D eigenvalue weighted by Gasteiger charge is -2.21. The van der Waals surface area contributed by atoms with Gasteiger partial charge in [0.25, 0.3) is 0 Å². The van der Waals surface area contributed by atoms with Crippen LogP contribution in [0, 0.1) is 0 Å². The summed E-state index contributed by atoms with van der Waals surface area (Å²) in [4.78, 5) is 1.25. The van der Waals surface area contributed by atoms with Gasteiger partial charge in [0.1, 0.15) is 4.83 Å². The van der Waals surface area contributed by atoms with E-state index in [1.807, 2.05) is 15.9 Å². The third kappa shape index (κ3) is 2.51. The van der Waals surface area contributed by atoms with Gasteiger partial charge in [-0.2, -0.15) is 0 Å². The van der Waals surface area contributed by atoms with Gasteiger partial charge in [-0.25, -0.2) is 4.52 Å². The Balaban J connectivity index is 1.43. The van der Waals surface area contributed by atoms with Crippen molar-refractivity contribution in [2.24, 2.45) is 0 Å². The highest BCUT2D eigenvalue weighted by Crippen LogP contribution is 2.52. The van der Waals surface area contributed by atoms with Crippen molar-refractivity contribution in [3.63, 3.8) is 0 Å². The number of aromatic nitrogens is 3. The van der Waals surface area contributed by atoms with Crippen LogP contribution in [0.4, 0.5) is 0 Å². The number of hydrogen-bond acceptors (Lipinski definition) is 2. The second kappa shape index (κ2) is 6.91. The number of fused-ring (bicyclic) bond motifs is 10. The van der Waals surface area contributed by atoms with Gasteiger partial charge in [0.15, 0.2) is 5.82 Å². The van der Waals surface area contributed by atoms with Crippen LogP contribution in [0.5, 0.6) is 0 Å². The minimum Gasteiger partial charge on any atom is -0.283 e. The smallest absolute Gasteiger partial charge is 0.161 e. The Morgan fingerprint density at radius 3 is 2.42 bits per heavy atom. The summed E-state index contributed by atoms with van der Waals surface area (Å²) in [6.07, 6.45) is 2.14. The molecule has 1 aliphatic rings. The van der Waals surface area contributed by atoms with Gasteiger partial charge >= 0.3 is 0 Å². The molecule has 9 rings (SSSR count). The Bertz CT molecular complexity index is 2220. The number of rotatable bonds is 1. The molecular formula is C34H23N3S. The zero-order valence-corrected chi connectivity index (χ0v) is 21.9. The molecule has 180 valence electrons. The molecule has 4 heteroatoms. The van der Waals surface area contributed by atoms with Gasteiger partial charge in [0.2, 0.25) is 0 Å². The predicted molar refractivity (Wildman–Crippen MR) is 160 cm³/mol. The molecule has 0 aliphatic heterocycles. The summed E-state index contributed by atoms with van der Waals surface area (Å²) in [6.45, 7) is 4.71. The van der Waals surface area contributed by atoms with Crippen molar-refractivity contribution >= 4 is 58.8 Å². The number of thiophene rings is 1. The molecular weight excluding hydrogens is 482 g/mol. The van der Waals surface area contributed by atoms with Crippen LogP contribution in [0.3, 0.4) is 0 Å². The van der Waals surface area contributed by atoms with Crippen LogP contribution in [0.25, 0.3) is 64.4 Å². The highest BCUT2D eigenvalue weighted by Gasteiger charge is 2.36. The number of pyridine rings is 1. The predicted octanol–water partition coefficient (Wildman–Crippen LogP) is 9.11. The highest BCUT2D eigenvalue weighted by atomic mass is 32.1. The fraction of sp³-hybridized carbons (Fsp3) is 0.0882. The lowest BCUT2D eigenvalue weighted by molar-refractivity contribution is 0.661. The van der Waals surface area contributed by atoms with E-state index in [-0.39, 0.29) is 5.41 Å². The van der Waals surface area contributed by atoms with E-state index < -0.39 is 0 Å². The molecule has 0 amide bonds. The maximum absolute atomic E-state index is 5.13. The Morgan fingerprint density at radius 1 is 0.711 bits per heavy atom. The summed E-state index contributed by atoms with van der Waals surface area (Å²) in [6, 6.07) is 35.5. The first-order valence-corrected chi connectivity index (χ1v) is 13.9. The SMILES string of the molecule is CC1(C)c2ccccc2-c2cc3c(cc21)c1c2ccccc2sc1n3-c1cc2cc3ccccc3cn2n1. The third-order valence-corrected chi connectivity index (χ3v) is 9.69. The maximum atomic E-state index is 5.13. The first-order valence-electron chi connectivity index (χ1n) is 13.1. The van der Waals surface area contributed by atoms with Gasteiger partial charge in [-0.15, -0.1) is 16.4 Å². The third-order valence-electron chi connectivity index (χ3n) is 8.53. The molecule has 8 aromatic rings. The quantitative estimate of drug-likeness (QED) is 0.218. The molecule has 0 atom stereocenters. The van der Waals surface area contributed by atoms with Crippen molar-refractivity contribution < 1.29 is 0 Å². The van der Waals surface area contributed by atoms with Crippen LogP contribution in [0.2, 0.25) is 0 Å². The zero-order chi connectivity index (χ0) is 25.2. The fourth-order valence-corrected chi connectivity index (χ4v) is 7.92. The summed E-state index contributed by atoms with van der Waals surface area (Å²) in [5.74, 6) is 0.956. The minimum atomic E-state index is -0.0381. The molecule has 0 unspecified atom stereocenters. The van der Waals surface area contributed by atoms with Gasteiger partial charge in [-0.1, -0.05) is 80.6 Å². The average molecular weight is 506 g/mol. The molecule has 4 aromatic carbocycles. The molecule has 0 fully saturated rings. The summed E-state index contributed by atoms with van der Waals surface area (Å²) >= 11 is 1.86. The first-order chi connectivity index (χ1) is 18.6. The van der Waals surface area contributed by atoms with Crippen LogP contribution in [0.1, 0.15) is 25.0 Å². The largest absolute Gasteiger partial charge is 0.283 e. The Hall–Kier alpha value is -4.41. The van der Waals surface area contributed by atoms with Gasteiger partial charge in [-0.3, -0.25) is 4.57 Å². The number of hydrogen-bond donors (Lipinski definition) is 0. The van der Waals surface area contributed by atoms with Crippen molar-refractivity contribution in [3.05, 3.63) is 114 Å². The molecule has 0 N–H and O–H groups in total. The molecule has 0 saturated carbocycles. The second-order valence-corrected chi connectivity index (χ2v) is 12.0. The standard InChI is InChI=1S/C34H23N3S/c1-34(2)27-13-7-5-11-23(27)25-18-29-26(17-28(25)34)32-24-12-6-8-14-30(24)38-33(32)37(29)31-16-22-15-20-9-3-4-10-21(20)19-36(22)35-31/h3-19H,1-2H3. The molecule has 0 radical (unpaired) electrons. The van der Waals surface area contributed by atoms with Crippen LogP contribution in [-0.2, 0) is 5.41 Å². The molecule has 0 saturated heterocycles. The number of benzene rings is 4. The van der Waals surface area contributed by atoms with E-state index in [0.29, 0.717) is 0 Å². The normalized spacial score (nSPS) is 14.3. The van der Waals surface area contributed by atoms with Crippen LogP contribution >= 0.6 is 11.3 Å². The van der Waals surface area contributed by atoms with E-state index in [2.05, 4.69) is 122 Å². The summed E-state index contributed by atoms with van der Waals surface area (Å²) in [5.41, 5.74) is 7.77. The Morgan fingerprint density at radius 2 is 1.50 bits per heavy atom. The topological polar surface area (TPSA) is 22.2 Å². The van der Waals surface area contributed by atoms with Crippen LogP contribution in [-0.4, -0.2) is 14.2 Å². The Labute approximate surface area is 223 Å². The monoisotopic (exact) mass is 505 g/mol. The van der Waals surface area contributed by atoms with E-state index in [1.54, 1.807) is 0 Å². The van der Waals surface area contributed by atoms with E-state index in [9.17, 15) is 0 Å². The van der Waals surface area contributed by atoms with Crippen molar-refractivity contribution in [2.45, 2.75) is 19.3 Å². The van der Waals surface area contributed by atoms with E-state index >= 15 is 0 Å².